The van der Waals surface area contributed by atoms with E-state index < -0.39 is 20.6 Å². The lowest BCUT2D eigenvalue weighted by atomic mass is 10.1. The van der Waals surface area contributed by atoms with E-state index in [1.807, 2.05) is 13.8 Å². The third-order valence-electron chi connectivity index (χ3n) is 3.50. The Labute approximate surface area is 134 Å². The van der Waals surface area contributed by atoms with Crippen LogP contribution in [0.1, 0.15) is 31.0 Å². The van der Waals surface area contributed by atoms with Gasteiger partial charge in [-0.25, -0.2) is 8.42 Å². The van der Waals surface area contributed by atoms with E-state index in [-0.39, 0.29) is 16.6 Å². The Kier molecular flexibility index (Phi) is 4.42. The normalized spacial score (nSPS) is 11.7. The van der Waals surface area contributed by atoms with Crippen LogP contribution in [0, 0.1) is 24.0 Å². The molecule has 1 heterocycles. The SMILES string of the molecule is Cc1ccc([N+](=O)[O-])c(S(=O)(=O)Nc2cnn(C(C)C)c2)c1C. The van der Waals surface area contributed by atoms with Crippen molar-refractivity contribution in [1.29, 1.82) is 0 Å². The van der Waals surface area contributed by atoms with Gasteiger partial charge in [0.1, 0.15) is 0 Å². The van der Waals surface area contributed by atoms with Crippen LogP contribution in [0.4, 0.5) is 11.4 Å². The lowest BCUT2D eigenvalue weighted by Gasteiger charge is -2.11. The molecule has 23 heavy (non-hydrogen) atoms. The van der Waals surface area contributed by atoms with Crippen LogP contribution in [0.2, 0.25) is 0 Å². The van der Waals surface area contributed by atoms with Gasteiger partial charge in [0.05, 0.1) is 16.8 Å². The number of nitro groups is 1. The van der Waals surface area contributed by atoms with E-state index in [0.717, 1.165) is 0 Å². The lowest BCUT2D eigenvalue weighted by molar-refractivity contribution is -0.387. The molecule has 1 aromatic heterocycles. The largest absolute Gasteiger partial charge is 0.290 e. The number of benzene rings is 1. The monoisotopic (exact) mass is 338 g/mol. The Morgan fingerprint density at radius 3 is 2.48 bits per heavy atom. The number of hydrogen-bond donors (Lipinski definition) is 1. The molecule has 0 saturated carbocycles. The Morgan fingerprint density at radius 1 is 1.30 bits per heavy atom. The third-order valence-corrected chi connectivity index (χ3v) is 5.06. The van der Waals surface area contributed by atoms with Crippen LogP contribution < -0.4 is 4.72 Å². The van der Waals surface area contributed by atoms with E-state index in [4.69, 9.17) is 0 Å². The molecule has 0 radical (unpaired) electrons. The molecule has 124 valence electrons. The van der Waals surface area contributed by atoms with Gasteiger partial charge >= 0.3 is 0 Å². The van der Waals surface area contributed by atoms with Crippen molar-refractivity contribution in [3.05, 3.63) is 45.8 Å². The minimum Gasteiger partial charge on any atom is -0.276 e. The van der Waals surface area contributed by atoms with Gasteiger partial charge in [-0.3, -0.25) is 19.5 Å². The minimum atomic E-state index is -4.10. The van der Waals surface area contributed by atoms with Gasteiger partial charge in [-0.05, 0) is 38.8 Å². The number of nitro benzene ring substituents is 1. The second kappa shape index (κ2) is 5.99. The van der Waals surface area contributed by atoms with Crippen molar-refractivity contribution in [3.63, 3.8) is 0 Å². The summed E-state index contributed by atoms with van der Waals surface area (Å²) in [7, 11) is -4.10. The number of sulfonamides is 1. The van der Waals surface area contributed by atoms with Gasteiger partial charge in [-0.2, -0.15) is 5.10 Å². The first kappa shape index (κ1) is 16.9. The zero-order valence-electron chi connectivity index (χ0n) is 13.3. The maximum atomic E-state index is 12.6. The average Bonchev–Trinajstić information content (AvgIpc) is 2.88. The second-order valence-corrected chi connectivity index (χ2v) is 7.14. The lowest BCUT2D eigenvalue weighted by Crippen LogP contribution is -2.16. The van der Waals surface area contributed by atoms with E-state index in [2.05, 4.69) is 9.82 Å². The number of anilines is 1. The standard InChI is InChI=1S/C14H18N4O4S/c1-9(2)17-8-12(7-15-17)16-23(21,22)14-11(4)10(3)5-6-13(14)18(19)20/h5-9,16H,1-4H3. The predicted molar refractivity (Wildman–Crippen MR) is 86.0 cm³/mol. The van der Waals surface area contributed by atoms with Crippen molar-refractivity contribution < 1.29 is 13.3 Å². The Bertz CT molecular complexity index is 856. The van der Waals surface area contributed by atoms with Crippen LogP contribution in [-0.2, 0) is 10.0 Å². The fraction of sp³-hybridized carbons (Fsp3) is 0.357. The number of rotatable bonds is 5. The zero-order chi connectivity index (χ0) is 17.4. The molecule has 0 aliphatic heterocycles. The summed E-state index contributed by atoms with van der Waals surface area (Å²) in [4.78, 5) is 10.2. The van der Waals surface area contributed by atoms with E-state index >= 15 is 0 Å². The summed E-state index contributed by atoms with van der Waals surface area (Å²) in [6, 6.07) is 2.81. The van der Waals surface area contributed by atoms with Crippen molar-refractivity contribution in [2.45, 2.75) is 38.6 Å². The molecule has 9 heteroatoms. The molecule has 8 nitrogen and oxygen atoms in total. The van der Waals surface area contributed by atoms with Crippen LogP contribution in [0.25, 0.3) is 0 Å². The van der Waals surface area contributed by atoms with Crippen molar-refractivity contribution in [2.75, 3.05) is 4.72 Å². The van der Waals surface area contributed by atoms with Crippen LogP contribution in [0.5, 0.6) is 0 Å². The van der Waals surface area contributed by atoms with Crippen LogP contribution in [0.15, 0.2) is 29.4 Å². The maximum absolute atomic E-state index is 12.6. The Hall–Kier alpha value is -2.42. The van der Waals surface area contributed by atoms with Gasteiger partial charge in [-0.15, -0.1) is 0 Å². The molecule has 1 aromatic carbocycles. The maximum Gasteiger partial charge on any atom is 0.290 e. The fourth-order valence-corrected chi connectivity index (χ4v) is 3.64. The van der Waals surface area contributed by atoms with Crippen LogP contribution in [-0.4, -0.2) is 23.1 Å². The minimum absolute atomic E-state index is 0.0725. The topological polar surface area (TPSA) is 107 Å². The number of aryl methyl sites for hydroxylation is 1. The van der Waals surface area contributed by atoms with E-state index in [9.17, 15) is 18.5 Å². The molecule has 0 aliphatic carbocycles. The first-order valence-corrected chi connectivity index (χ1v) is 8.43. The summed E-state index contributed by atoms with van der Waals surface area (Å²) < 4.78 is 29.2. The Morgan fingerprint density at radius 2 is 1.96 bits per heavy atom. The molecule has 0 aliphatic rings. The van der Waals surface area contributed by atoms with Crippen molar-refractivity contribution >= 4 is 21.4 Å². The highest BCUT2D eigenvalue weighted by Crippen LogP contribution is 2.30. The van der Waals surface area contributed by atoms with Gasteiger partial charge in [0.25, 0.3) is 15.7 Å². The third kappa shape index (κ3) is 3.34. The van der Waals surface area contributed by atoms with Gasteiger partial charge in [0.2, 0.25) is 0 Å². The second-order valence-electron chi connectivity index (χ2n) is 5.52. The summed E-state index contributed by atoms with van der Waals surface area (Å²) in [6.45, 7) is 7.06. The van der Waals surface area contributed by atoms with Crippen molar-refractivity contribution in [1.82, 2.24) is 9.78 Å². The van der Waals surface area contributed by atoms with Gasteiger partial charge in [0, 0.05) is 18.3 Å². The van der Waals surface area contributed by atoms with Crippen LogP contribution >= 0.6 is 0 Å². The number of hydrogen-bond acceptors (Lipinski definition) is 5. The van der Waals surface area contributed by atoms with E-state index in [0.29, 0.717) is 11.1 Å². The van der Waals surface area contributed by atoms with Crippen molar-refractivity contribution in [3.8, 4) is 0 Å². The zero-order valence-corrected chi connectivity index (χ0v) is 14.1. The highest BCUT2D eigenvalue weighted by molar-refractivity contribution is 7.93. The summed E-state index contributed by atoms with van der Waals surface area (Å²) in [5, 5.41) is 15.2. The molecule has 0 unspecified atom stereocenters. The fourth-order valence-electron chi connectivity index (χ4n) is 2.14. The molecule has 2 rings (SSSR count). The van der Waals surface area contributed by atoms with Gasteiger partial charge < -0.3 is 0 Å². The van der Waals surface area contributed by atoms with Crippen molar-refractivity contribution in [2.24, 2.45) is 0 Å². The molecule has 0 fully saturated rings. The molecular weight excluding hydrogens is 320 g/mol. The van der Waals surface area contributed by atoms with Crippen LogP contribution in [0.3, 0.4) is 0 Å². The smallest absolute Gasteiger partial charge is 0.276 e. The molecule has 0 bridgehead atoms. The molecule has 0 amide bonds. The van der Waals surface area contributed by atoms with Gasteiger partial charge in [-0.1, -0.05) is 6.07 Å². The van der Waals surface area contributed by atoms with E-state index in [1.165, 1.54) is 18.3 Å². The highest BCUT2D eigenvalue weighted by atomic mass is 32.2. The molecule has 1 N–H and O–H groups in total. The predicted octanol–water partition coefficient (Wildman–Crippen LogP) is 2.79. The average molecular weight is 338 g/mol. The summed E-state index contributed by atoms with van der Waals surface area (Å²) in [5.41, 5.74) is 0.822. The molecular formula is C14H18N4O4S. The number of nitrogens with one attached hydrogen (secondary N) is 1. The quantitative estimate of drug-likeness (QED) is 0.666. The number of aromatic nitrogens is 2. The summed E-state index contributed by atoms with van der Waals surface area (Å²) >= 11 is 0. The molecule has 0 spiro atoms. The Balaban J connectivity index is 2.51. The number of nitrogens with zero attached hydrogens (tertiary/aromatic N) is 3. The van der Waals surface area contributed by atoms with Gasteiger partial charge in [0.15, 0.2) is 4.90 Å². The summed E-state index contributed by atoms with van der Waals surface area (Å²) in [5.74, 6) is 0. The first-order chi connectivity index (χ1) is 10.6. The molecule has 0 saturated heterocycles. The van der Waals surface area contributed by atoms with E-state index in [1.54, 1.807) is 24.7 Å². The molecule has 2 aromatic rings. The first-order valence-electron chi connectivity index (χ1n) is 6.95. The molecule has 0 atom stereocenters. The summed E-state index contributed by atoms with van der Waals surface area (Å²) in [6.07, 6.45) is 2.91. The highest BCUT2D eigenvalue weighted by Gasteiger charge is 2.29.